The Labute approximate surface area is 125 Å². The Kier molecular flexibility index (Phi) is 2.64. The Bertz CT molecular complexity index is 590. The Morgan fingerprint density at radius 2 is 1.40 bits per heavy atom. The predicted molar refractivity (Wildman–Crippen MR) is 79.0 cm³/mol. The Morgan fingerprint density at radius 1 is 0.900 bits per heavy atom. The number of rotatable bonds is 1. The third kappa shape index (κ3) is 1.57. The van der Waals surface area contributed by atoms with Crippen molar-refractivity contribution in [2.24, 2.45) is 23.7 Å². The second kappa shape index (κ2) is 4.29. The van der Waals surface area contributed by atoms with Gasteiger partial charge in [-0.3, -0.25) is 14.5 Å². The number of hydrogen-bond acceptors (Lipinski definition) is 2. The summed E-state index contributed by atoms with van der Waals surface area (Å²) in [6.45, 7) is 0. The topological polar surface area (TPSA) is 37.4 Å². The first-order chi connectivity index (χ1) is 9.66. The number of carbonyl (C=O) groups excluding carboxylic acids is 2. The number of benzene rings is 1. The average molecular weight is 332 g/mol. The molecule has 0 spiro atoms. The number of fused-ring (bicyclic) bond motifs is 1. The number of nitrogens with zero attached hydrogens (tertiary/aromatic N) is 1. The molecule has 3 aliphatic carbocycles. The summed E-state index contributed by atoms with van der Waals surface area (Å²) in [5.74, 6) is 0.219. The van der Waals surface area contributed by atoms with Crippen molar-refractivity contribution in [3.63, 3.8) is 0 Å². The highest BCUT2D eigenvalue weighted by Gasteiger charge is 2.56. The van der Waals surface area contributed by atoms with Gasteiger partial charge in [-0.1, -0.05) is 28.1 Å². The third-order valence-electron chi connectivity index (χ3n) is 4.84. The van der Waals surface area contributed by atoms with E-state index < -0.39 is 0 Å². The molecule has 2 amide bonds. The summed E-state index contributed by atoms with van der Waals surface area (Å²) in [7, 11) is 0. The molecule has 1 saturated heterocycles. The Hall–Kier alpha value is -1.42. The van der Waals surface area contributed by atoms with Crippen LogP contribution in [-0.4, -0.2) is 11.8 Å². The quantitative estimate of drug-likeness (QED) is 0.585. The van der Waals surface area contributed by atoms with E-state index in [1.54, 1.807) is 0 Å². The summed E-state index contributed by atoms with van der Waals surface area (Å²) in [5, 5.41) is 0. The van der Waals surface area contributed by atoms with Crippen LogP contribution in [0.4, 0.5) is 5.69 Å². The van der Waals surface area contributed by atoms with Crippen LogP contribution in [-0.2, 0) is 9.59 Å². The molecule has 1 aliphatic heterocycles. The minimum Gasteiger partial charge on any atom is -0.274 e. The van der Waals surface area contributed by atoms with E-state index >= 15 is 0 Å². The molecule has 5 rings (SSSR count). The van der Waals surface area contributed by atoms with Gasteiger partial charge in [0.05, 0.1) is 17.5 Å². The normalized spacial score (nSPS) is 34.8. The highest BCUT2D eigenvalue weighted by Crippen LogP contribution is 2.50. The Morgan fingerprint density at radius 3 is 1.85 bits per heavy atom. The molecule has 4 aliphatic rings. The molecule has 20 heavy (non-hydrogen) atoms. The van der Waals surface area contributed by atoms with Gasteiger partial charge in [0.15, 0.2) is 0 Å². The minimum atomic E-state index is -0.130. The van der Waals surface area contributed by atoms with Gasteiger partial charge in [-0.05, 0) is 48.9 Å². The molecule has 1 aromatic rings. The fourth-order valence-corrected chi connectivity index (χ4v) is 4.18. The van der Waals surface area contributed by atoms with Crippen LogP contribution in [0.3, 0.4) is 0 Å². The third-order valence-corrected chi connectivity index (χ3v) is 5.37. The smallest absolute Gasteiger partial charge is 0.238 e. The van der Waals surface area contributed by atoms with E-state index in [-0.39, 0.29) is 35.5 Å². The van der Waals surface area contributed by atoms with Crippen LogP contribution in [0.5, 0.6) is 0 Å². The van der Waals surface area contributed by atoms with Gasteiger partial charge in [-0.25, -0.2) is 0 Å². The van der Waals surface area contributed by atoms with Crippen LogP contribution in [0.15, 0.2) is 40.9 Å². The maximum Gasteiger partial charge on any atom is 0.238 e. The zero-order valence-electron chi connectivity index (χ0n) is 10.8. The van der Waals surface area contributed by atoms with Gasteiger partial charge in [-0.2, -0.15) is 0 Å². The number of halogens is 1. The van der Waals surface area contributed by atoms with Gasteiger partial charge >= 0.3 is 0 Å². The molecule has 0 radical (unpaired) electrons. The van der Waals surface area contributed by atoms with Gasteiger partial charge in [0.1, 0.15) is 0 Å². The number of anilines is 1. The van der Waals surface area contributed by atoms with Crippen molar-refractivity contribution in [2.45, 2.75) is 12.8 Å². The van der Waals surface area contributed by atoms with Crippen molar-refractivity contribution in [2.75, 3.05) is 4.90 Å². The van der Waals surface area contributed by atoms with E-state index in [2.05, 4.69) is 28.1 Å². The van der Waals surface area contributed by atoms with Crippen LogP contribution >= 0.6 is 15.9 Å². The summed E-state index contributed by atoms with van der Waals surface area (Å²) in [6, 6.07) is 7.38. The molecule has 1 aromatic carbocycles. The van der Waals surface area contributed by atoms with Crippen molar-refractivity contribution < 1.29 is 9.59 Å². The van der Waals surface area contributed by atoms with Gasteiger partial charge in [-0.15, -0.1) is 0 Å². The van der Waals surface area contributed by atoms with Crippen LogP contribution in [0.2, 0.25) is 0 Å². The number of hydrogen-bond donors (Lipinski definition) is 0. The number of allylic oxidation sites excluding steroid dienone is 2. The monoisotopic (exact) mass is 331 g/mol. The Balaban J connectivity index is 1.75. The van der Waals surface area contributed by atoms with Gasteiger partial charge < -0.3 is 0 Å². The van der Waals surface area contributed by atoms with Crippen LogP contribution < -0.4 is 4.90 Å². The molecule has 1 saturated carbocycles. The zero-order chi connectivity index (χ0) is 13.9. The summed E-state index contributed by atoms with van der Waals surface area (Å²) in [4.78, 5) is 26.8. The number of amides is 2. The van der Waals surface area contributed by atoms with E-state index in [0.717, 1.165) is 17.3 Å². The highest BCUT2D eigenvalue weighted by atomic mass is 79.9. The maximum atomic E-state index is 12.7. The van der Waals surface area contributed by atoms with E-state index in [1.165, 1.54) is 4.90 Å². The average Bonchev–Trinajstić information content (AvgIpc) is 2.76. The first kappa shape index (κ1) is 12.3. The largest absolute Gasteiger partial charge is 0.274 e. The van der Waals surface area contributed by atoms with Crippen molar-refractivity contribution in [3.05, 3.63) is 40.9 Å². The fraction of sp³-hybridized carbons (Fsp3) is 0.375. The molecule has 1 heterocycles. The number of imide groups is 1. The molecule has 0 aromatic heterocycles. The number of carbonyl (C=O) groups is 2. The summed E-state index contributed by atoms with van der Waals surface area (Å²) in [5.41, 5.74) is 0.692. The first-order valence-corrected chi connectivity index (χ1v) is 7.78. The van der Waals surface area contributed by atoms with Gasteiger partial charge in [0, 0.05) is 4.47 Å². The lowest BCUT2D eigenvalue weighted by atomic mass is 9.63. The molecule has 0 N–H and O–H groups in total. The van der Waals surface area contributed by atoms with E-state index in [9.17, 15) is 9.59 Å². The van der Waals surface area contributed by atoms with Crippen molar-refractivity contribution in [1.82, 2.24) is 0 Å². The van der Waals surface area contributed by atoms with Crippen molar-refractivity contribution in [3.8, 4) is 0 Å². The lowest BCUT2D eigenvalue weighted by molar-refractivity contribution is -0.124. The van der Waals surface area contributed by atoms with Crippen LogP contribution in [0.1, 0.15) is 12.8 Å². The lowest BCUT2D eigenvalue weighted by Crippen LogP contribution is -2.38. The van der Waals surface area contributed by atoms with Crippen molar-refractivity contribution >= 4 is 33.4 Å². The second-order valence-electron chi connectivity index (χ2n) is 5.83. The summed E-state index contributed by atoms with van der Waals surface area (Å²) < 4.78 is 0.944. The molecular formula is C16H14BrNO2. The molecule has 0 unspecified atom stereocenters. The zero-order valence-corrected chi connectivity index (χ0v) is 12.4. The molecule has 4 heteroatoms. The summed E-state index contributed by atoms with van der Waals surface area (Å²) in [6.07, 6.45) is 6.36. The van der Waals surface area contributed by atoms with E-state index in [4.69, 9.17) is 0 Å². The molecule has 102 valence electrons. The molecule has 4 atom stereocenters. The molecule has 2 bridgehead atoms. The van der Waals surface area contributed by atoms with Crippen LogP contribution in [0.25, 0.3) is 0 Å². The molecule has 2 fully saturated rings. The van der Waals surface area contributed by atoms with Crippen molar-refractivity contribution in [1.29, 1.82) is 0 Å². The van der Waals surface area contributed by atoms with E-state index in [1.807, 2.05) is 24.3 Å². The SMILES string of the molecule is O=C1[C@@H]2[C@H](C(=O)N1c1ccc(Br)cc1)[C@@H]1C=C[C@@H]2CC1. The first-order valence-electron chi connectivity index (χ1n) is 6.98. The second-order valence-corrected chi connectivity index (χ2v) is 6.75. The highest BCUT2D eigenvalue weighted by molar-refractivity contribution is 9.10. The summed E-state index contributed by atoms with van der Waals surface area (Å²) >= 11 is 3.38. The molecular weight excluding hydrogens is 318 g/mol. The van der Waals surface area contributed by atoms with Gasteiger partial charge in [0.2, 0.25) is 11.8 Å². The van der Waals surface area contributed by atoms with Gasteiger partial charge in [0.25, 0.3) is 0 Å². The van der Waals surface area contributed by atoms with E-state index in [0.29, 0.717) is 5.69 Å². The fourth-order valence-electron chi connectivity index (χ4n) is 3.92. The molecule has 3 nitrogen and oxygen atoms in total. The standard InChI is InChI=1S/C16H14BrNO2/c17-11-5-7-12(8-6-11)18-15(19)13-9-1-2-10(4-3-9)14(13)16(18)20/h1-2,5-10,13-14H,3-4H2/t9-,10-,13-,14+/m1/s1. The predicted octanol–water partition coefficient (Wildman–Crippen LogP) is 3.15. The van der Waals surface area contributed by atoms with Crippen LogP contribution in [0, 0.1) is 23.7 Å². The lowest BCUT2D eigenvalue weighted by Gasteiger charge is -2.38. The maximum absolute atomic E-state index is 12.7. The minimum absolute atomic E-state index is 0.0126.